The van der Waals surface area contributed by atoms with Gasteiger partial charge in [-0.2, -0.15) is 5.10 Å². The smallest absolute Gasteiger partial charge is 0.172 e. The molecule has 2 aromatic rings. The molecule has 0 fully saturated rings. The summed E-state index contributed by atoms with van der Waals surface area (Å²) < 4.78 is 7.63. The van der Waals surface area contributed by atoms with E-state index in [-0.39, 0.29) is 0 Å². The van der Waals surface area contributed by atoms with Crippen LogP contribution in [0.5, 0.6) is 5.75 Å². The maximum atomic E-state index is 11.0. The summed E-state index contributed by atoms with van der Waals surface area (Å²) in [6, 6.07) is 5.64. The molecule has 2 heterocycles. The first-order valence-corrected chi connectivity index (χ1v) is 6.79. The Morgan fingerprint density at radius 2 is 2.15 bits per heavy atom. The van der Waals surface area contributed by atoms with Crippen LogP contribution in [-0.4, -0.2) is 21.1 Å². The Balaban J connectivity index is 2.16. The molecule has 0 bridgehead atoms. The van der Waals surface area contributed by atoms with Crippen LogP contribution in [0, 0.1) is 6.92 Å². The van der Waals surface area contributed by atoms with E-state index in [1.807, 2.05) is 30.7 Å². The average molecular weight is 273 g/mol. The number of carbonyl (C=O) groups excluding carboxylic acids is 1. The van der Waals surface area contributed by atoms with Crippen LogP contribution >= 0.6 is 0 Å². The molecule has 0 N–H and O–H groups in total. The van der Waals surface area contributed by atoms with Crippen LogP contribution < -0.4 is 4.74 Å². The highest BCUT2D eigenvalue weighted by molar-refractivity contribution is 5.76. The first-order chi connectivity index (χ1) is 9.67. The third-order valence-corrected chi connectivity index (χ3v) is 3.09. The summed E-state index contributed by atoms with van der Waals surface area (Å²) in [5.41, 5.74) is 3.18. The van der Waals surface area contributed by atoms with Crippen molar-refractivity contribution >= 4 is 6.29 Å². The Hall–Kier alpha value is -2.17. The first-order valence-electron chi connectivity index (χ1n) is 6.79. The highest BCUT2D eigenvalue weighted by atomic mass is 16.5. The van der Waals surface area contributed by atoms with Crippen molar-refractivity contribution in [3.05, 3.63) is 41.0 Å². The van der Waals surface area contributed by atoms with Crippen molar-refractivity contribution in [2.45, 2.75) is 40.3 Å². The van der Waals surface area contributed by atoms with Crippen molar-refractivity contribution in [1.29, 1.82) is 0 Å². The van der Waals surface area contributed by atoms with Crippen molar-refractivity contribution in [2.75, 3.05) is 0 Å². The molecule has 0 saturated carbocycles. The Morgan fingerprint density at radius 1 is 1.35 bits per heavy atom. The molecule has 5 nitrogen and oxygen atoms in total. The second-order valence-electron chi connectivity index (χ2n) is 4.54. The van der Waals surface area contributed by atoms with Gasteiger partial charge in [0.2, 0.25) is 0 Å². The van der Waals surface area contributed by atoms with Gasteiger partial charge in [0.1, 0.15) is 18.1 Å². The molecule has 0 aromatic carbocycles. The number of aldehydes is 1. The predicted molar refractivity (Wildman–Crippen MR) is 76.0 cm³/mol. The predicted octanol–water partition coefficient (Wildman–Crippen LogP) is 2.56. The quantitative estimate of drug-likeness (QED) is 0.759. The van der Waals surface area contributed by atoms with E-state index in [1.165, 1.54) is 0 Å². The number of nitrogens with zero attached hydrogens (tertiary/aromatic N) is 3. The lowest BCUT2D eigenvalue weighted by molar-refractivity contribution is 0.111. The van der Waals surface area contributed by atoms with E-state index in [0.717, 1.165) is 36.3 Å². The van der Waals surface area contributed by atoms with E-state index in [4.69, 9.17) is 4.74 Å². The van der Waals surface area contributed by atoms with Gasteiger partial charge in [0.25, 0.3) is 0 Å². The fourth-order valence-corrected chi connectivity index (χ4v) is 2.00. The summed E-state index contributed by atoms with van der Waals surface area (Å²) >= 11 is 0. The maximum absolute atomic E-state index is 11.0. The molecule has 106 valence electrons. The minimum absolute atomic E-state index is 0.336. The number of aryl methyl sites for hydroxylation is 3. The fourth-order valence-electron chi connectivity index (χ4n) is 2.00. The zero-order valence-corrected chi connectivity index (χ0v) is 12.1. The molecule has 20 heavy (non-hydrogen) atoms. The summed E-state index contributed by atoms with van der Waals surface area (Å²) in [6.07, 6.45) is 1.61. The number of aromatic nitrogens is 3. The monoisotopic (exact) mass is 273 g/mol. The van der Waals surface area contributed by atoms with Gasteiger partial charge in [-0.15, -0.1) is 0 Å². The van der Waals surface area contributed by atoms with E-state index < -0.39 is 0 Å². The van der Waals surface area contributed by atoms with Gasteiger partial charge in [-0.1, -0.05) is 6.92 Å². The molecule has 0 saturated heterocycles. The summed E-state index contributed by atoms with van der Waals surface area (Å²) in [4.78, 5) is 15.2. The summed E-state index contributed by atoms with van der Waals surface area (Å²) in [5, 5.41) is 4.47. The van der Waals surface area contributed by atoms with Crippen LogP contribution in [0.25, 0.3) is 0 Å². The van der Waals surface area contributed by atoms with Gasteiger partial charge in [0.15, 0.2) is 6.29 Å². The second kappa shape index (κ2) is 6.32. The number of ether oxygens (including phenoxy) is 1. The Bertz CT molecular complexity index is 605. The van der Waals surface area contributed by atoms with Crippen LogP contribution in [0.1, 0.15) is 41.4 Å². The molecule has 0 aliphatic rings. The van der Waals surface area contributed by atoms with Crippen LogP contribution in [0.15, 0.2) is 18.2 Å². The van der Waals surface area contributed by atoms with Crippen LogP contribution in [0.2, 0.25) is 0 Å². The van der Waals surface area contributed by atoms with Gasteiger partial charge in [-0.05, 0) is 38.5 Å². The zero-order valence-electron chi connectivity index (χ0n) is 12.1. The molecule has 2 aromatic heterocycles. The number of hydrogen-bond donors (Lipinski definition) is 0. The molecule has 0 aliphatic heterocycles. The number of pyridine rings is 1. The maximum Gasteiger partial charge on any atom is 0.172 e. The Labute approximate surface area is 118 Å². The molecular formula is C15H19N3O2. The number of hydrogen-bond acceptors (Lipinski definition) is 4. The van der Waals surface area contributed by atoms with Crippen molar-refractivity contribution in [3.63, 3.8) is 0 Å². The number of carbonyl (C=O) groups is 1. The summed E-state index contributed by atoms with van der Waals surface area (Å²) in [6.45, 7) is 7.13. The second-order valence-corrected chi connectivity index (χ2v) is 4.54. The largest absolute Gasteiger partial charge is 0.485 e. The van der Waals surface area contributed by atoms with Crippen molar-refractivity contribution in [1.82, 2.24) is 14.8 Å². The number of rotatable bonds is 6. The van der Waals surface area contributed by atoms with E-state index >= 15 is 0 Å². The minimum Gasteiger partial charge on any atom is -0.485 e. The van der Waals surface area contributed by atoms with Gasteiger partial charge < -0.3 is 4.74 Å². The zero-order chi connectivity index (χ0) is 14.5. The SMILES string of the molecule is CCc1cc(COc2ccc(C)nc2C=O)n(CC)n1. The van der Waals surface area contributed by atoms with E-state index in [9.17, 15) is 4.79 Å². The van der Waals surface area contributed by atoms with Crippen LogP contribution in [-0.2, 0) is 19.6 Å². The lowest BCUT2D eigenvalue weighted by atomic mass is 10.3. The molecule has 0 aliphatic carbocycles. The Morgan fingerprint density at radius 3 is 2.80 bits per heavy atom. The van der Waals surface area contributed by atoms with Gasteiger partial charge in [-0.25, -0.2) is 4.98 Å². The molecule has 0 spiro atoms. The van der Waals surface area contributed by atoms with Gasteiger partial charge in [0.05, 0.1) is 11.4 Å². The third-order valence-electron chi connectivity index (χ3n) is 3.09. The summed E-state index contributed by atoms with van der Waals surface area (Å²) in [5.74, 6) is 0.507. The summed E-state index contributed by atoms with van der Waals surface area (Å²) in [7, 11) is 0. The molecule has 5 heteroatoms. The van der Waals surface area contributed by atoms with E-state index in [2.05, 4.69) is 17.0 Å². The first kappa shape index (κ1) is 14.2. The van der Waals surface area contributed by atoms with Gasteiger partial charge >= 0.3 is 0 Å². The molecular weight excluding hydrogens is 254 g/mol. The molecule has 0 atom stereocenters. The molecule has 0 radical (unpaired) electrons. The third kappa shape index (κ3) is 3.04. The minimum atomic E-state index is 0.336. The molecule has 0 unspecified atom stereocenters. The van der Waals surface area contributed by atoms with Crippen molar-refractivity contribution < 1.29 is 9.53 Å². The normalized spacial score (nSPS) is 10.6. The van der Waals surface area contributed by atoms with Crippen LogP contribution in [0.4, 0.5) is 0 Å². The standard InChI is InChI=1S/C15H19N3O2/c1-4-12-8-13(18(5-2)17-12)10-20-15-7-6-11(3)16-14(15)9-19/h6-9H,4-5,10H2,1-3H3. The van der Waals surface area contributed by atoms with Crippen LogP contribution in [0.3, 0.4) is 0 Å². The highest BCUT2D eigenvalue weighted by Gasteiger charge is 2.09. The fraction of sp³-hybridized carbons (Fsp3) is 0.400. The van der Waals surface area contributed by atoms with E-state index in [0.29, 0.717) is 18.1 Å². The lowest BCUT2D eigenvalue weighted by Crippen LogP contribution is -2.07. The van der Waals surface area contributed by atoms with Crippen molar-refractivity contribution in [3.8, 4) is 5.75 Å². The average Bonchev–Trinajstić information content (AvgIpc) is 2.88. The van der Waals surface area contributed by atoms with Gasteiger partial charge in [0, 0.05) is 12.2 Å². The topological polar surface area (TPSA) is 57.0 Å². The Kier molecular flexibility index (Phi) is 4.50. The lowest BCUT2D eigenvalue weighted by Gasteiger charge is -2.09. The highest BCUT2D eigenvalue weighted by Crippen LogP contribution is 2.17. The van der Waals surface area contributed by atoms with Gasteiger partial charge in [-0.3, -0.25) is 9.48 Å². The van der Waals surface area contributed by atoms with E-state index in [1.54, 1.807) is 6.07 Å². The molecule has 2 rings (SSSR count). The van der Waals surface area contributed by atoms with Crippen molar-refractivity contribution in [2.24, 2.45) is 0 Å². The molecule has 0 amide bonds.